The number of ether oxygens (including phenoxy) is 1. The predicted molar refractivity (Wildman–Crippen MR) is 68.3 cm³/mol. The number of hydrogen-bond acceptors (Lipinski definition) is 2. The van der Waals surface area contributed by atoms with Crippen LogP contribution in [0.25, 0.3) is 0 Å². The van der Waals surface area contributed by atoms with E-state index in [9.17, 15) is 4.39 Å². The van der Waals surface area contributed by atoms with Gasteiger partial charge in [-0.3, -0.25) is 0 Å². The molecule has 2 nitrogen and oxygen atoms in total. The van der Waals surface area contributed by atoms with E-state index in [-0.39, 0.29) is 11.9 Å². The first-order valence-corrected chi connectivity index (χ1v) is 6.35. The van der Waals surface area contributed by atoms with Crippen molar-refractivity contribution in [1.29, 1.82) is 0 Å². The molecule has 0 aliphatic heterocycles. The van der Waals surface area contributed by atoms with Crippen LogP contribution in [-0.2, 0) is 4.74 Å². The summed E-state index contributed by atoms with van der Waals surface area (Å²) in [5, 5.41) is 0. The van der Waals surface area contributed by atoms with Gasteiger partial charge in [0.15, 0.2) is 0 Å². The van der Waals surface area contributed by atoms with Gasteiger partial charge in [0.1, 0.15) is 5.82 Å². The van der Waals surface area contributed by atoms with Crippen LogP contribution in [0.3, 0.4) is 0 Å². The molecule has 1 aromatic rings. The third kappa shape index (κ3) is 4.84. The van der Waals surface area contributed by atoms with Crippen molar-refractivity contribution in [2.24, 2.45) is 5.73 Å². The standard InChI is InChI=1S/C14H22FNO/c1-2-3-4-7-10-17-14(11-16)12-8-5-6-9-13(12)15/h5-6,8-9,14H,2-4,7,10-11,16H2,1H3. The third-order valence-electron chi connectivity index (χ3n) is 2.78. The molecule has 0 aromatic heterocycles. The average Bonchev–Trinajstić information content (AvgIpc) is 2.35. The summed E-state index contributed by atoms with van der Waals surface area (Å²) in [6.45, 7) is 3.13. The molecule has 0 heterocycles. The molecule has 1 aromatic carbocycles. The molecule has 2 N–H and O–H groups in total. The molecule has 0 spiro atoms. The zero-order valence-electron chi connectivity index (χ0n) is 10.5. The summed E-state index contributed by atoms with van der Waals surface area (Å²) in [6, 6.07) is 6.66. The van der Waals surface area contributed by atoms with Crippen LogP contribution in [0.2, 0.25) is 0 Å². The first-order chi connectivity index (χ1) is 8.29. The number of unbranched alkanes of at least 4 members (excludes halogenated alkanes) is 3. The maximum Gasteiger partial charge on any atom is 0.129 e. The summed E-state index contributed by atoms with van der Waals surface area (Å²) in [7, 11) is 0. The second-order valence-corrected chi connectivity index (χ2v) is 4.18. The van der Waals surface area contributed by atoms with Crippen molar-refractivity contribution in [2.45, 2.75) is 38.7 Å². The summed E-state index contributed by atoms with van der Waals surface area (Å²) < 4.78 is 19.2. The predicted octanol–water partition coefficient (Wildman–Crippen LogP) is 3.42. The lowest BCUT2D eigenvalue weighted by atomic mass is 10.1. The Labute approximate surface area is 103 Å². The van der Waals surface area contributed by atoms with Gasteiger partial charge in [-0.25, -0.2) is 4.39 Å². The van der Waals surface area contributed by atoms with Crippen molar-refractivity contribution in [2.75, 3.05) is 13.2 Å². The minimum atomic E-state index is -0.321. The van der Waals surface area contributed by atoms with E-state index in [0.29, 0.717) is 18.7 Å². The lowest BCUT2D eigenvalue weighted by Gasteiger charge is -2.17. The van der Waals surface area contributed by atoms with Gasteiger partial charge in [0.2, 0.25) is 0 Å². The molecule has 0 bridgehead atoms. The van der Waals surface area contributed by atoms with Gasteiger partial charge in [-0.1, -0.05) is 44.4 Å². The second kappa shape index (κ2) is 8.20. The highest BCUT2D eigenvalue weighted by Crippen LogP contribution is 2.19. The van der Waals surface area contributed by atoms with Gasteiger partial charge in [0, 0.05) is 18.7 Å². The molecule has 1 atom stereocenters. The molecule has 0 amide bonds. The van der Waals surface area contributed by atoms with Crippen molar-refractivity contribution < 1.29 is 9.13 Å². The van der Waals surface area contributed by atoms with Crippen LogP contribution in [0.5, 0.6) is 0 Å². The quantitative estimate of drug-likeness (QED) is 0.705. The van der Waals surface area contributed by atoms with Crippen molar-refractivity contribution in [1.82, 2.24) is 0 Å². The van der Waals surface area contributed by atoms with Crippen LogP contribution in [0.1, 0.15) is 44.3 Å². The summed E-state index contributed by atoms with van der Waals surface area (Å²) in [6.07, 6.45) is 4.27. The van der Waals surface area contributed by atoms with E-state index in [0.717, 1.165) is 12.8 Å². The number of nitrogens with two attached hydrogens (primary N) is 1. The van der Waals surface area contributed by atoms with Crippen molar-refractivity contribution in [3.63, 3.8) is 0 Å². The molecule has 1 unspecified atom stereocenters. The Balaban J connectivity index is 2.41. The summed E-state index contributed by atoms with van der Waals surface area (Å²) in [5.74, 6) is -0.239. The monoisotopic (exact) mass is 239 g/mol. The molecule has 0 aliphatic rings. The van der Waals surface area contributed by atoms with Crippen LogP contribution >= 0.6 is 0 Å². The van der Waals surface area contributed by atoms with Crippen molar-refractivity contribution in [3.8, 4) is 0 Å². The lowest BCUT2D eigenvalue weighted by Crippen LogP contribution is -2.17. The molecule has 0 saturated carbocycles. The molecule has 1 rings (SSSR count). The Kier molecular flexibility index (Phi) is 6.82. The topological polar surface area (TPSA) is 35.2 Å². The Morgan fingerprint density at radius 2 is 2.00 bits per heavy atom. The fourth-order valence-corrected chi connectivity index (χ4v) is 1.78. The Morgan fingerprint density at radius 1 is 1.24 bits per heavy atom. The van der Waals surface area contributed by atoms with E-state index in [1.165, 1.54) is 18.9 Å². The SMILES string of the molecule is CCCCCCOC(CN)c1ccccc1F. The van der Waals surface area contributed by atoms with E-state index in [1.807, 2.05) is 6.07 Å². The second-order valence-electron chi connectivity index (χ2n) is 4.18. The first-order valence-electron chi connectivity index (χ1n) is 6.35. The van der Waals surface area contributed by atoms with Gasteiger partial charge in [0.25, 0.3) is 0 Å². The molecule has 17 heavy (non-hydrogen) atoms. The minimum absolute atomic E-state index is 0.239. The highest BCUT2D eigenvalue weighted by Gasteiger charge is 2.13. The summed E-state index contributed by atoms with van der Waals surface area (Å²) in [5.41, 5.74) is 6.18. The fourth-order valence-electron chi connectivity index (χ4n) is 1.78. The molecule has 0 fully saturated rings. The van der Waals surface area contributed by atoms with Crippen molar-refractivity contribution >= 4 is 0 Å². The summed E-state index contributed by atoms with van der Waals surface area (Å²) in [4.78, 5) is 0. The normalized spacial score (nSPS) is 12.6. The number of benzene rings is 1. The van der Waals surface area contributed by atoms with Crippen LogP contribution in [-0.4, -0.2) is 13.2 Å². The van der Waals surface area contributed by atoms with Crippen LogP contribution in [0.15, 0.2) is 24.3 Å². The van der Waals surface area contributed by atoms with Gasteiger partial charge in [0.05, 0.1) is 6.10 Å². The van der Waals surface area contributed by atoms with Crippen LogP contribution < -0.4 is 5.73 Å². The van der Waals surface area contributed by atoms with E-state index >= 15 is 0 Å². The van der Waals surface area contributed by atoms with Gasteiger partial charge in [-0.05, 0) is 12.5 Å². The average molecular weight is 239 g/mol. The molecule has 0 saturated heterocycles. The maximum atomic E-state index is 13.5. The summed E-state index contributed by atoms with van der Waals surface area (Å²) >= 11 is 0. The van der Waals surface area contributed by atoms with Gasteiger partial charge in [-0.15, -0.1) is 0 Å². The van der Waals surface area contributed by atoms with Gasteiger partial charge >= 0.3 is 0 Å². The molecular weight excluding hydrogens is 217 g/mol. The van der Waals surface area contributed by atoms with E-state index in [2.05, 4.69) is 6.92 Å². The van der Waals surface area contributed by atoms with E-state index in [1.54, 1.807) is 12.1 Å². The number of rotatable bonds is 8. The van der Waals surface area contributed by atoms with E-state index in [4.69, 9.17) is 10.5 Å². The maximum absolute atomic E-state index is 13.5. The van der Waals surface area contributed by atoms with E-state index < -0.39 is 0 Å². The Hall–Kier alpha value is -0.930. The molecule has 0 aliphatic carbocycles. The lowest BCUT2D eigenvalue weighted by molar-refractivity contribution is 0.0534. The Morgan fingerprint density at radius 3 is 2.65 bits per heavy atom. The number of halogens is 1. The molecule has 3 heteroatoms. The number of hydrogen-bond donors (Lipinski definition) is 1. The van der Waals surface area contributed by atoms with Crippen LogP contribution in [0, 0.1) is 5.82 Å². The van der Waals surface area contributed by atoms with Gasteiger partial charge in [-0.2, -0.15) is 0 Å². The largest absolute Gasteiger partial charge is 0.372 e. The fraction of sp³-hybridized carbons (Fsp3) is 0.571. The molecule has 0 radical (unpaired) electrons. The van der Waals surface area contributed by atoms with Crippen molar-refractivity contribution in [3.05, 3.63) is 35.6 Å². The molecule has 96 valence electrons. The Bertz CT molecular complexity index is 317. The highest BCUT2D eigenvalue weighted by molar-refractivity contribution is 5.20. The molecular formula is C14H22FNO. The smallest absolute Gasteiger partial charge is 0.129 e. The third-order valence-corrected chi connectivity index (χ3v) is 2.78. The minimum Gasteiger partial charge on any atom is -0.372 e. The first kappa shape index (κ1) is 14.1. The van der Waals surface area contributed by atoms with Crippen LogP contribution in [0.4, 0.5) is 4.39 Å². The highest BCUT2D eigenvalue weighted by atomic mass is 19.1. The van der Waals surface area contributed by atoms with Gasteiger partial charge < -0.3 is 10.5 Å². The zero-order chi connectivity index (χ0) is 12.5. The zero-order valence-corrected chi connectivity index (χ0v) is 10.5.